The van der Waals surface area contributed by atoms with Crippen LogP contribution in [-0.2, 0) is 20.7 Å². The number of amides is 2. The quantitative estimate of drug-likeness (QED) is 0.783. The number of ether oxygens (including phenoxy) is 2. The SMILES string of the molecule is COCNC(=O)C(Cc1cc(C)ccc1C)NC(=O)OC(C)(C)C. The van der Waals surface area contributed by atoms with Crippen molar-refractivity contribution >= 4 is 12.0 Å². The Morgan fingerprint density at radius 2 is 1.88 bits per heavy atom. The molecule has 2 amide bonds. The number of benzene rings is 1. The van der Waals surface area contributed by atoms with Crippen LogP contribution >= 0.6 is 0 Å². The summed E-state index contributed by atoms with van der Waals surface area (Å²) in [5, 5.41) is 5.27. The van der Waals surface area contributed by atoms with Crippen molar-refractivity contribution in [2.75, 3.05) is 13.8 Å². The Bertz CT molecular complexity index is 579. The van der Waals surface area contributed by atoms with Crippen molar-refractivity contribution in [2.24, 2.45) is 0 Å². The van der Waals surface area contributed by atoms with E-state index in [9.17, 15) is 9.59 Å². The van der Waals surface area contributed by atoms with Crippen LogP contribution in [0.25, 0.3) is 0 Å². The molecule has 0 bridgehead atoms. The minimum absolute atomic E-state index is 0.0815. The van der Waals surface area contributed by atoms with Gasteiger partial charge in [-0.1, -0.05) is 23.8 Å². The number of hydrogen-bond acceptors (Lipinski definition) is 4. The van der Waals surface area contributed by atoms with Gasteiger partial charge in [-0.3, -0.25) is 4.79 Å². The number of hydrogen-bond donors (Lipinski definition) is 2. The third kappa shape index (κ3) is 7.00. The van der Waals surface area contributed by atoms with E-state index in [0.29, 0.717) is 6.42 Å². The number of methoxy groups -OCH3 is 1. The van der Waals surface area contributed by atoms with Gasteiger partial charge in [-0.2, -0.15) is 0 Å². The van der Waals surface area contributed by atoms with Crippen molar-refractivity contribution < 1.29 is 19.1 Å². The second-order valence-corrected chi connectivity index (χ2v) is 6.81. The van der Waals surface area contributed by atoms with E-state index in [-0.39, 0.29) is 12.6 Å². The van der Waals surface area contributed by atoms with E-state index < -0.39 is 17.7 Å². The molecule has 1 aromatic carbocycles. The van der Waals surface area contributed by atoms with Crippen molar-refractivity contribution in [2.45, 2.75) is 52.7 Å². The molecule has 6 nitrogen and oxygen atoms in total. The number of rotatable bonds is 6. The van der Waals surface area contributed by atoms with E-state index in [0.717, 1.165) is 16.7 Å². The highest BCUT2D eigenvalue weighted by atomic mass is 16.6. The van der Waals surface area contributed by atoms with Gasteiger partial charge < -0.3 is 20.1 Å². The highest BCUT2D eigenvalue weighted by Crippen LogP contribution is 2.14. The van der Waals surface area contributed by atoms with Crippen LogP contribution in [0.15, 0.2) is 18.2 Å². The van der Waals surface area contributed by atoms with Gasteiger partial charge in [0.15, 0.2) is 0 Å². The molecule has 0 aliphatic rings. The molecule has 0 heterocycles. The molecular formula is C18H28N2O4. The van der Waals surface area contributed by atoms with Crippen LogP contribution in [0.5, 0.6) is 0 Å². The van der Waals surface area contributed by atoms with E-state index >= 15 is 0 Å². The molecule has 1 unspecified atom stereocenters. The fourth-order valence-corrected chi connectivity index (χ4v) is 2.17. The summed E-state index contributed by atoms with van der Waals surface area (Å²) in [6.07, 6.45) is -0.243. The summed E-state index contributed by atoms with van der Waals surface area (Å²) < 4.78 is 10.1. The zero-order chi connectivity index (χ0) is 18.3. The maximum atomic E-state index is 12.3. The molecule has 134 valence electrons. The Hall–Kier alpha value is -2.08. The lowest BCUT2D eigenvalue weighted by Gasteiger charge is -2.23. The van der Waals surface area contributed by atoms with Crippen molar-refractivity contribution in [3.63, 3.8) is 0 Å². The fourth-order valence-electron chi connectivity index (χ4n) is 2.17. The number of carbonyl (C=O) groups excluding carboxylic acids is 2. The van der Waals surface area contributed by atoms with Crippen LogP contribution < -0.4 is 10.6 Å². The molecule has 0 saturated carbocycles. The molecule has 0 aromatic heterocycles. The van der Waals surface area contributed by atoms with E-state index in [1.807, 2.05) is 32.0 Å². The average molecular weight is 336 g/mol. The Balaban J connectivity index is 2.90. The minimum atomic E-state index is -0.740. The van der Waals surface area contributed by atoms with Crippen LogP contribution in [0.4, 0.5) is 4.79 Å². The second-order valence-electron chi connectivity index (χ2n) is 6.81. The van der Waals surface area contributed by atoms with Gasteiger partial charge in [-0.05, 0) is 45.7 Å². The van der Waals surface area contributed by atoms with Gasteiger partial charge >= 0.3 is 6.09 Å². The highest BCUT2D eigenvalue weighted by Gasteiger charge is 2.25. The Kier molecular flexibility index (Phi) is 7.22. The van der Waals surface area contributed by atoms with Gasteiger partial charge in [0.05, 0.1) is 0 Å². The molecule has 1 rings (SSSR count). The van der Waals surface area contributed by atoms with E-state index in [1.165, 1.54) is 7.11 Å². The van der Waals surface area contributed by atoms with Crippen LogP contribution in [0.1, 0.15) is 37.5 Å². The highest BCUT2D eigenvalue weighted by molar-refractivity contribution is 5.86. The van der Waals surface area contributed by atoms with Gasteiger partial charge in [0.1, 0.15) is 18.4 Å². The maximum absolute atomic E-state index is 12.3. The molecule has 0 spiro atoms. The molecule has 2 N–H and O–H groups in total. The largest absolute Gasteiger partial charge is 0.444 e. The van der Waals surface area contributed by atoms with Gasteiger partial charge in [-0.15, -0.1) is 0 Å². The number of aryl methyl sites for hydroxylation is 2. The molecule has 1 atom stereocenters. The molecule has 6 heteroatoms. The predicted octanol–water partition coefficient (Wildman–Crippen LogP) is 2.46. The molecule has 0 radical (unpaired) electrons. The number of carbonyl (C=O) groups is 2. The summed E-state index contributed by atoms with van der Waals surface area (Å²) in [6.45, 7) is 9.38. The maximum Gasteiger partial charge on any atom is 0.408 e. The molecule has 0 saturated heterocycles. The summed E-state index contributed by atoms with van der Waals surface area (Å²) >= 11 is 0. The summed E-state index contributed by atoms with van der Waals surface area (Å²) in [6, 6.07) is 5.29. The lowest BCUT2D eigenvalue weighted by atomic mass is 9.98. The zero-order valence-corrected chi connectivity index (χ0v) is 15.4. The van der Waals surface area contributed by atoms with E-state index in [2.05, 4.69) is 10.6 Å². The number of alkyl carbamates (subject to hydrolysis) is 1. The lowest BCUT2D eigenvalue weighted by Crippen LogP contribution is -2.49. The summed E-state index contributed by atoms with van der Waals surface area (Å²) in [7, 11) is 1.49. The first-order chi connectivity index (χ1) is 11.1. The second kappa shape index (κ2) is 8.68. The summed E-state index contributed by atoms with van der Waals surface area (Å²) in [4.78, 5) is 24.4. The lowest BCUT2D eigenvalue weighted by molar-refractivity contribution is -0.124. The molecule has 0 fully saturated rings. The van der Waals surface area contributed by atoms with Crippen molar-refractivity contribution in [3.05, 3.63) is 34.9 Å². The molecular weight excluding hydrogens is 308 g/mol. The normalized spacial score (nSPS) is 12.4. The van der Waals surface area contributed by atoms with Crippen molar-refractivity contribution in [1.82, 2.24) is 10.6 Å². The van der Waals surface area contributed by atoms with Gasteiger partial charge in [-0.25, -0.2) is 4.79 Å². The third-order valence-electron chi connectivity index (χ3n) is 3.33. The first-order valence-electron chi connectivity index (χ1n) is 7.94. The first kappa shape index (κ1) is 20.0. The van der Waals surface area contributed by atoms with Crippen LogP contribution in [0, 0.1) is 13.8 Å². The van der Waals surface area contributed by atoms with Crippen LogP contribution in [-0.4, -0.2) is 37.5 Å². The van der Waals surface area contributed by atoms with E-state index in [4.69, 9.17) is 9.47 Å². The van der Waals surface area contributed by atoms with Crippen molar-refractivity contribution in [3.8, 4) is 0 Å². The molecule has 0 aliphatic heterocycles. The van der Waals surface area contributed by atoms with Gasteiger partial charge in [0.25, 0.3) is 0 Å². The summed E-state index contributed by atoms with van der Waals surface area (Å²) in [5.41, 5.74) is 2.54. The Labute approximate surface area is 143 Å². The standard InChI is InChI=1S/C18H28N2O4/c1-12-7-8-13(2)14(9-12)10-15(16(21)19-11-23-6)20-17(22)24-18(3,4)5/h7-9,15H,10-11H2,1-6H3,(H,19,21)(H,20,22). The zero-order valence-electron chi connectivity index (χ0n) is 15.4. The smallest absolute Gasteiger partial charge is 0.408 e. The third-order valence-corrected chi connectivity index (χ3v) is 3.33. The fraction of sp³-hybridized carbons (Fsp3) is 0.556. The molecule has 0 aliphatic carbocycles. The van der Waals surface area contributed by atoms with E-state index in [1.54, 1.807) is 20.8 Å². The van der Waals surface area contributed by atoms with Crippen molar-refractivity contribution in [1.29, 1.82) is 0 Å². The number of nitrogens with one attached hydrogen (secondary N) is 2. The van der Waals surface area contributed by atoms with Gasteiger partial charge in [0.2, 0.25) is 5.91 Å². The Morgan fingerprint density at radius 1 is 1.21 bits per heavy atom. The monoisotopic (exact) mass is 336 g/mol. The van der Waals surface area contributed by atoms with Crippen LogP contribution in [0.3, 0.4) is 0 Å². The Morgan fingerprint density at radius 3 is 2.46 bits per heavy atom. The first-order valence-corrected chi connectivity index (χ1v) is 7.94. The predicted molar refractivity (Wildman–Crippen MR) is 92.8 cm³/mol. The topological polar surface area (TPSA) is 76.7 Å². The minimum Gasteiger partial charge on any atom is -0.444 e. The van der Waals surface area contributed by atoms with Crippen LogP contribution in [0.2, 0.25) is 0 Å². The molecule has 24 heavy (non-hydrogen) atoms. The molecule has 1 aromatic rings. The summed E-state index contributed by atoms with van der Waals surface area (Å²) in [5.74, 6) is -0.316. The average Bonchev–Trinajstić information content (AvgIpc) is 2.45. The van der Waals surface area contributed by atoms with Gasteiger partial charge in [0, 0.05) is 13.5 Å².